The van der Waals surface area contributed by atoms with E-state index in [0.717, 1.165) is 101 Å². The van der Waals surface area contributed by atoms with Crippen LogP contribution in [-0.4, -0.2) is 45.4 Å². The highest BCUT2D eigenvalue weighted by Crippen LogP contribution is 2.24. The number of hydrogen-bond acceptors (Lipinski definition) is 7. The zero-order valence-corrected chi connectivity index (χ0v) is 36.3. The Balaban J connectivity index is 2.01. The molecule has 0 aliphatic rings. The Kier molecular flexibility index (Phi) is 36.8. The second kappa shape index (κ2) is 39.9. The monoisotopic (exact) mass is 774 g/mol. The summed E-state index contributed by atoms with van der Waals surface area (Å²) in [4.78, 5) is 24.0. The lowest BCUT2D eigenvalue weighted by atomic mass is 10.1. The van der Waals surface area contributed by atoms with Gasteiger partial charge in [-0.15, -0.1) is 0 Å². The molecule has 320 valence electrons. The molecule has 0 unspecified atom stereocenters. The third-order valence-electron chi connectivity index (χ3n) is 10.4. The van der Waals surface area contributed by atoms with Gasteiger partial charge in [0.1, 0.15) is 11.5 Å². The minimum absolute atomic E-state index is 0.0226. The fourth-order valence-electron chi connectivity index (χ4n) is 6.98. The molecule has 1 aromatic carbocycles. The molecule has 0 atom stereocenters. The molecule has 0 aliphatic heterocycles. The number of ether oxygens (including phenoxy) is 4. The predicted octanol–water partition coefficient (Wildman–Crippen LogP) is 13.8. The largest absolute Gasteiger partial charge is 0.493 e. The van der Waals surface area contributed by atoms with Crippen LogP contribution in [0, 0.1) is 0 Å². The highest BCUT2D eigenvalue weighted by Gasteiger charge is 2.06. The Hall–Kier alpha value is -2.28. The number of esters is 2. The number of carbonyl (C=O) groups is 2. The molecular weight excluding hydrogens is 687 g/mol. The average Bonchev–Trinajstić information content (AvgIpc) is 3.18. The van der Waals surface area contributed by atoms with Gasteiger partial charge in [0, 0.05) is 25.5 Å². The summed E-state index contributed by atoms with van der Waals surface area (Å²) in [5, 5.41) is 3.24. The quantitative estimate of drug-likeness (QED) is 0.0523. The molecule has 0 saturated heterocycles. The van der Waals surface area contributed by atoms with Gasteiger partial charge < -0.3 is 24.3 Å². The molecule has 0 fully saturated rings. The van der Waals surface area contributed by atoms with Crippen LogP contribution in [0.2, 0.25) is 0 Å². The normalized spacial score (nSPS) is 11.2. The summed E-state index contributed by atoms with van der Waals surface area (Å²) >= 11 is 0. The SMILES string of the molecule is CCCCCCCCCCCC(=O)OCCCCCCCCOc1cc(CNC)cc(OCCCCCCCCOC(=O)CCCCCCCCCCC)c1. The van der Waals surface area contributed by atoms with Crippen LogP contribution in [0.1, 0.15) is 225 Å². The van der Waals surface area contributed by atoms with Crippen molar-refractivity contribution in [1.29, 1.82) is 0 Å². The highest BCUT2D eigenvalue weighted by atomic mass is 16.5. The molecule has 0 aliphatic carbocycles. The van der Waals surface area contributed by atoms with E-state index >= 15 is 0 Å². The summed E-state index contributed by atoms with van der Waals surface area (Å²) in [6.45, 7) is 7.82. The van der Waals surface area contributed by atoms with Crippen LogP contribution in [0.25, 0.3) is 0 Å². The van der Waals surface area contributed by atoms with E-state index in [9.17, 15) is 9.59 Å². The van der Waals surface area contributed by atoms with Crippen molar-refractivity contribution in [1.82, 2.24) is 5.32 Å². The predicted molar refractivity (Wildman–Crippen MR) is 231 cm³/mol. The van der Waals surface area contributed by atoms with Gasteiger partial charge in [-0.1, -0.05) is 168 Å². The lowest BCUT2D eigenvalue weighted by Crippen LogP contribution is -2.07. The third kappa shape index (κ3) is 34.7. The van der Waals surface area contributed by atoms with E-state index in [0.29, 0.717) is 39.3 Å². The zero-order chi connectivity index (χ0) is 39.7. The first-order valence-electron chi connectivity index (χ1n) is 23.4. The van der Waals surface area contributed by atoms with Crippen molar-refractivity contribution < 1.29 is 28.5 Å². The summed E-state index contributed by atoms with van der Waals surface area (Å²) in [5.41, 5.74) is 1.16. The summed E-state index contributed by atoms with van der Waals surface area (Å²) < 4.78 is 23.2. The molecule has 0 spiro atoms. The summed E-state index contributed by atoms with van der Waals surface area (Å²) in [5.74, 6) is 1.71. The Morgan fingerprint density at radius 3 is 1.07 bits per heavy atom. The highest BCUT2D eigenvalue weighted by molar-refractivity contribution is 5.69. The van der Waals surface area contributed by atoms with E-state index in [1.807, 2.05) is 13.1 Å². The molecule has 0 bridgehead atoms. The van der Waals surface area contributed by atoms with Crippen LogP contribution >= 0.6 is 0 Å². The van der Waals surface area contributed by atoms with Gasteiger partial charge in [0.2, 0.25) is 0 Å². The van der Waals surface area contributed by atoms with Crippen LogP contribution in [-0.2, 0) is 25.6 Å². The molecule has 0 amide bonds. The van der Waals surface area contributed by atoms with E-state index in [2.05, 4.69) is 31.3 Å². The molecule has 1 aromatic rings. The lowest BCUT2D eigenvalue weighted by Gasteiger charge is -2.13. The van der Waals surface area contributed by atoms with E-state index in [1.54, 1.807) is 0 Å². The van der Waals surface area contributed by atoms with Crippen LogP contribution < -0.4 is 14.8 Å². The van der Waals surface area contributed by atoms with Crippen molar-refractivity contribution in [3.05, 3.63) is 23.8 Å². The van der Waals surface area contributed by atoms with Gasteiger partial charge in [-0.05, 0) is 63.3 Å². The van der Waals surface area contributed by atoms with Crippen LogP contribution in [0.4, 0.5) is 0 Å². The van der Waals surface area contributed by atoms with Crippen LogP contribution in [0.3, 0.4) is 0 Å². The van der Waals surface area contributed by atoms with E-state index in [4.69, 9.17) is 18.9 Å². The Bertz CT molecular complexity index is 928. The maximum absolute atomic E-state index is 12.0. The Labute approximate surface area is 339 Å². The molecule has 55 heavy (non-hydrogen) atoms. The first kappa shape index (κ1) is 50.7. The van der Waals surface area contributed by atoms with Gasteiger partial charge in [-0.25, -0.2) is 0 Å². The fourth-order valence-corrected chi connectivity index (χ4v) is 6.98. The number of carbonyl (C=O) groups excluding carboxylic acids is 2. The minimum Gasteiger partial charge on any atom is -0.493 e. The molecule has 1 N–H and O–H groups in total. The molecule has 0 aromatic heterocycles. The van der Waals surface area contributed by atoms with Crippen molar-refractivity contribution in [2.75, 3.05) is 33.5 Å². The summed E-state index contributed by atoms with van der Waals surface area (Å²) in [6.07, 6.45) is 37.1. The smallest absolute Gasteiger partial charge is 0.305 e. The number of benzene rings is 1. The maximum Gasteiger partial charge on any atom is 0.305 e. The third-order valence-corrected chi connectivity index (χ3v) is 10.4. The minimum atomic E-state index is -0.0226. The van der Waals surface area contributed by atoms with Gasteiger partial charge in [-0.2, -0.15) is 0 Å². The van der Waals surface area contributed by atoms with E-state index < -0.39 is 0 Å². The molecule has 0 heterocycles. The molecular formula is C48H87NO6. The van der Waals surface area contributed by atoms with Crippen molar-refractivity contribution in [3.63, 3.8) is 0 Å². The van der Waals surface area contributed by atoms with Crippen LogP contribution in [0.5, 0.6) is 11.5 Å². The van der Waals surface area contributed by atoms with Gasteiger partial charge in [-0.3, -0.25) is 9.59 Å². The van der Waals surface area contributed by atoms with Gasteiger partial charge >= 0.3 is 11.9 Å². The molecule has 0 radical (unpaired) electrons. The second-order valence-corrected chi connectivity index (χ2v) is 15.9. The zero-order valence-electron chi connectivity index (χ0n) is 36.3. The van der Waals surface area contributed by atoms with Crippen molar-refractivity contribution >= 4 is 11.9 Å². The van der Waals surface area contributed by atoms with Crippen LogP contribution in [0.15, 0.2) is 18.2 Å². The molecule has 1 rings (SSSR count). The summed E-state index contributed by atoms with van der Waals surface area (Å²) in [7, 11) is 1.96. The molecule has 0 saturated carbocycles. The second-order valence-electron chi connectivity index (χ2n) is 15.9. The van der Waals surface area contributed by atoms with Gasteiger partial charge in [0.25, 0.3) is 0 Å². The number of unbranched alkanes of at least 4 members (excludes halogenated alkanes) is 26. The topological polar surface area (TPSA) is 83.1 Å². The molecule has 7 nitrogen and oxygen atoms in total. The first-order chi connectivity index (χ1) is 27.1. The standard InChI is InChI=1S/C48H87NO6/c1-4-6-8-10-12-14-16-22-28-34-47(50)54-38-32-26-20-18-24-30-36-52-45-40-44(43-49-3)41-46(42-45)53-37-31-25-19-21-27-33-39-55-48(51)35-29-23-17-15-13-11-9-7-5-2/h40-42,49H,4-39,43H2,1-3H3. The Morgan fingerprint density at radius 1 is 0.418 bits per heavy atom. The number of hydrogen-bond donors (Lipinski definition) is 1. The van der Waals surface area contributed by atoms with E-state index in [1.165, 1.54) is 116 Å². The Morgan fingerprint density at radius 2 is 0.727 bits per heavy atom. The van der Waals surface area contributed by atoms with E-state index in [-0.39, 0.29) is 11.9 Å². The summed E-state index contributed by atoms with van der Waals surface area (Å²) in [6, 6.07) is 6.23. The number of rotatable bonds is 42. The van der Waals surface area contributed by atoms with Crippen molar-refractivity contribution in [2.45, 2.75) is 226 Å². The first-order valence-corrected chi connectivity index (χ1v) is 23.4. The maximum atomic E-state index is 12.0. The van der Waals surface area contributed by atoms with Crippen molar-refractivity contribution in [2.24, 2.45) is 0 Å². The van der Waals surface area contributed by atoms with Crippen molar-refractivity contribution in [3.8, 4) is 11.5 Å². The fraction of sp³-hybridized carbons (Fsp3) is 0.833. The number of nitrogens with one attached hydrogen (secondary N) is 1. The average molecular weight is 774 g/mol. The van der Waals surface area contributed by atoms with Gasteiger partial charge in [0.05, 0.1) is 26.4 Å². The molecule has 7 heteroatoms. The van der Waals surface area contributed by atoms with Gasteiger partial charge in [0.15, 0.2) is 0 Å². The lowest BCUT2D eigenvalue weighted by molar-refractivity contribution is -0.144.